The van der Waals surface area contributed by atoms with E-state index >= 15 is 0 Å². The van der Waals surface area contributed by atoms with Crippen LogP contribution in [-0.2, 0) is 5.41 Å². The molecule has 4 nitrogen and oxygen atoms in total. The fourth-order valence-electron chi connectivity index (χ4n) is 4.61. The molecular weight excluding hydrogens is 592 g/mol. The Morgan fingerprint density at radius 1 is 0.622 bits per heavy atom. The predicted molar refractivity (Wildman–Crippen MR) is 159 cm³/mol. The Hall–Kier alpha value is -3.22. The van der Waals surface area contributed by atoms with Crippen LogP contribution < -0.4 is 10.6 Å². The highest BCUT2D eigenvalue weighted by molar-refractivity contribution is 9.11. The van der Waals surface area contributed by atoms with Gasteiger partial charge in [0.2, 0.25) is 0 Å². The molecule has 4 rings (SSSR count). The molecule has 0 bridgehead atoms. The predicted octanol–water partition coefficient (Wildman–Crippen LogP) is 8.66. The van der Waals surface area contributed by atoms with E-state index in [9.17, 15) is 9.59 Å². The minimum Gasteiger partial charge on any atom is -0.321 e. The first kappa shape index (κ1) is 26.8. The van der Waals surface area contributed by atoms with Crippen LogP contribution in [-0.4, -0.2) is 11.8 Å². The van der Waals surface area contributed by atoms with Gasteiger partial charge in [0.1, 0.15) is 0 Å². The molecule has 188 valence electrons. The second-order valence-corrected chi connectivity index (χ2v) is 11.3. The van der Waals surface area contributed by atoms with Crippen molar-refractivity contribution in [1.29, 1.82) is 0 Å². The third-order valence-corrected chi connectivity index (χ3v) is 7.86. The molecule has 0 aliphatic carbocycles. The van der Waals surface area contributed by atoms with E-state index in [2.05, 4.69) is 82.3 Å². The van der Waals surface area contributed by atoms with E-state index in [0.29, 0.717) is 11.1 Å². The van der Waals surface area contributed by atoms with Crippen molar-refractivity contribution >= 4 is 55.0 Å². The summed E-state index contributed by atoms with van der Waals surface area (Å²) in [6.07, 6.45) is 0. The molecule has 2 N–H and O–H groups in total. The minimum absolute atomic E-state index is 0.152. The number of carbonyl (C=O) groups excluding carboxylic acids is 2. The van der Waals surface area contributed by atoms with Gasteiger partial charge in [-0.1, -0.05) is 50.2 Å². The Morgan fingerprint density at radius 3 is 1.32 bits per heavy atom. The molecule has 0 saturated heterocycles. The van der Waals surface area contributed by atoms with Gasteiger partial charge < -0.3 is 10.6 Å². The molecule has 6 heteroatoms. The van der Waals surface area contributed by atoms with E-state index in [0.717, 1.165) is 42.6 Å². The summed E-state index contributed by atoms with van der Waals surface area (Å²) >= 11 is 7.34. The second-order valence-electron chi connectivity index (χ2n) is 9.56. The maximum atomic E-state index is 12.7. The topological polar surface area (TPSA) is 58.2 Å². The summed E-state index contributed by atoms with van der Waals surface area (Å²) < 4.78 is 1.63. The zero-order chi connectivity index (χ0) is 26.7. The number of hydrogen-bond donors (Lipinski definition) is 2. The lowest BCUT2D eigenvalue weighted by Crippen LogP contribution is -2.23. The third-order valence-electron chi connectivity index (χ3n) is 6.54. The summed E-state index contributed by atoms with van der Waals surface area (Å²) in [4.78, 5) is 25.4. The minimum atomic E-state index is -0.344. The molecule has 0 aliphatic heterocycles. The highest BCUT2D eigenvalue weighted by atomic mass is 79.9. The number of amides is 2. The molecule has 0 aromatic heterocycles. The van der Waals surface area contributed by atoms with Gasteiger partial charge >= 0.3 is 0 Å². The van der Waals surface area contributed by atoms with E-state index in [-0.39, 0.29) is 17.2 Å². The zero-order valence-corrected chi connectivity index (χ0v) is 24.3. The number of aryl methyl sites for hydroxylation is 2. The molecule has 0 unspecified atom stereocenters. The molecule has 0 aliphatic rings. The van der Waals surface area contributed by atoms with Gasteiger partial charge in [-0.25, -0.2) is 0 Å². The average Bonchev–Trinajstić information content (AvgIpc) is 2.88. The molecule has 0 heterocycles. The summed E-state index contributed by atoms with van der Waals surface area (Å²) in [5.41, 5.74) is 6.71. The lowest BCUT2D eigenvalue weighted by atomic mass is 9.74. The third kappa shape index (κ3) is 5.86. The van der Waals surface area contributed by atoms with Crippen molar-refractivity contribution in [3.63, 3.8) is 0 Å². The van der Waals surface area contributed by atoms with E-state index in [1.54, 1.807) is 24.3 Å². The maximum Gasteiger partial charge on any atom is 0.255 e. The number of hydrogen-bond acceptors (Lipinski definition) is 2. The van der Waals surface area contributed by atoms with Gasteiger partial charge in [-0.3, -0.25) is 9.59 Å². The van der Waals surface area contributed by atoms with E-state index < -0.39 is 0 Å². The number of rotatable bonds is 6. The summed E-state index contributed by atoms with van der Waals surface area (Å²) in [6.45, 7) is 8.48. The van der Waals surface area contributed by atoms with Crippen molar-refractivity contribution < 1.29 is 9.59 Å². The lowest BCUT2D eigenvalue weighted by Gasteiger charge is -2.31. The number of benzene rings is 4. The fraction of sp³-hybridized carbons (Fsp3) is 0.161. The summed E-state index contributed by atoms with van der Waals surface area (Å²) in [7, 11) is 0. The average molecular weight is 620 g/mol. The Labute approximate surface area is 234 Å². The standard InChI is InChI=1S/C31H28Br2N2O2/c1-19-15-27(34-29(36)21-11-7-5-8-12-21)25(32)17-23(19)31(3,4)24-18-26(33)28(16-20(24)2)35-30(37)22-13-9-6-10-14-22/h5-18H,1-4H3,(H,34,36)(H,35,37). The van der Waals surface area contributed by atoms with Crippen molar-refractivity contribution in [3.05, 3.63) is 127 Å². The van der Waals surface area contributed by atoms with Gasteiger partial charge in [0.15, 0.2) is 0 Å². The first-order valence-corrected chi connectivity index (χ1v) is 13.5. The number of halogens is 2. The lowest BCUT2D eigenvalue weighted by molar-refractivity contribution is 0.101. The van der Waals surface area contributed by atoms with Gasteiger partial charge in [0, 0.05) is 25.5 Å². The highest BCUT2D eigenvalue weighted by Gasteiger charge is 2.29. The van der Waals surface area contributed by atoms with Gasteiger partial charge in [0.25, 0.3) is 11.8 Å². The molecule has 0 fully saturated rings. The van der Waals surface area contributed by atoms with Crippen LogP contribution in [0.15, 0.2) is 93.9 Å². The monoisotopic (exact) mass is 618 g/mol. The summed E-state index contributed by atoms with van der Waals surface area (Å²) in [5, 5.41) is 6.02. The zero-order valence-electron chi connectivity index (χ0n) is 21.2. The van der Waals surface area contributed by atoms with Crippen LogP contribution in [0, 0.1) is 13.8 Å². The fourth-order valence-corrected chi connectivity index (χ4v) is 5.50. The van der Waals surface area contributed by atoms with E-state index in [4.69, 9.17) is 0 Å². The smallest absolute Gasteiger partial charge is 0.255 e. The van der Waals surface area contributed by atoms with Crippen LogP contribution in [0.2, 0.25) is 0 Å². The molecule has 0 saturated carbocycles. The number of carbonyl (C=O) groups is 2. The number of nitrogens with one attached hydrogen (secondary N) is 2. The Bertz CT molecular complexity index is 1360. The van der Waals surface area contributed by atoms with Crippen molar-refractivity contribution in [1.82, 2.24) is 0 Å². The van der Waals surface area contributed by atoms with Crippen LogP contribution in [0.3, 0.4) is 0 Å². The van der Waals surface area contributed by atoms with Crippen molar-refractivity contribution in [2.24, 2.45) is 0 Å². The Balaban J connectivity index is 1.62. The van der Waals surface area contributed by atoms with E-state index in [1.807, 2.05) is 48.5 Å². The van der Waals surface area contributed by atoms with Crippen LogP contribution >= 0.6 is 31.9 Å². The van der Waals surface area contributed by atoms with Crippen LogP contribution in [0.5, 0.6) is 0 Å². The van der Waals surface area contributed by atoms with Crippen molar-refractivity contribution in [2.45, 2.75) is 33.1 Å². The molecule has 0 spiro atoms. The van der Waals surface area contributed by atoms with Gasteiger partial charge in [-0.2, -0.15) is 0 Å². The Kier molecular flexibility index (Phi) is 8.00. The maximum absolute atomic E-state index is 12.7. The molecule has 2 amide bonds. The quantitative estimate of drug-likeness (QED) is 0.227. The molecular formula is C31H28Br2N2O2. The molecule has 37 heavy (non-hydrogen) atoms. The first-order chi connectivity index (χ1) is 17.6. The molecule has 0 atom stereocenters. The summed E-state index contributed by atoms with van der Waals surface area (Å²) in [6, 6.07) is 26.5. The largest absolute Gasteiger partial charge is 0.321 e. The van der Waals surface area contributed by atoms with Crippen molar-refractivity contribution in [3.8, 4) is 0 Å². The van der Waals surface area contributed by atoms with E-state index in [1.165, 1.54) is 0 Å². The summed E-state index contributed by atoms with van der Waals surface area (Å²) in [5.74, 6) is -0.304. The van der Waals surface area contributed by atoms with Gasteiger partial charge in [0.05, 0.1) is 11.4 Å². The highest BCUT2D eigenvalue weighted by Crippen LogP contribution is 2.41. The SMILES string of the molecule is Cc1cc(NC(=O)c2ccccc2)c(Br)cc1C(C)(C)c1cc(Br)c(NC(=O)c2ccccc2)cc1C. The first-order valence-electron chi connectivity index (χ1n) is 11.9. The van der Waals surface area contributed by atoms with Crippen molar-refractivity contribution in [2.75, 3.05) is 10.6 Å². The van der Waals surface area contributed by atoms with Crippen LogP contribution in [0.25, 0.3) is 0 Å². The molecule has 4 aromatic rings. The normalized spacial score (nSPS) is 11.2. The second kappa shape index (κ2) is 11.0. The van der Waals surface area contributed by atoms with Gasteiger partial charge in [-0.05, 0) is 116 Å². The molecule has 0 radical (unpaired) electrons. The van der Waals surface area contributed by atoms with Gasteiger partial charge in [-0.15, -0.1) is 0 Å². The van der Waals surface area contributed by atoms with Crippen LogP contribution in [0.4, 0.5) is 11.4 Å². The number of anilines is 2. The Morgan fingerprint density at radius 2 is 0.973 bits per heavy atom. The molecule has 4 aromatic carbocycles. The van der Waals surface area contributed by atoms with Crippen LogP contribution in [0.1, 0.15) is 56.8 Å².